The Bertz CT molecular complexity index is 303. The number of nitrogens with two attached hydrogens (primary N) is 1. The van der Waals surface area contributed by atoms with Crippen LogP contribution in [0.4, 0.5) is 0 Å². The zero-order chi connectivity index (χ0) is 13.5. The monoisotopic (exact) mass is 252 g/mol. The second-order valence-electron chi connectivity index (χ2n) is 5.31. The molecule has 5 nitrogen and oxygen atoms in total. The van der Waals surface area contributed by atoms with Gasteiger partial charge >= 0.3 is 0 Å². The zero-order valence-corrected chi connectivity index (χ0v) is 11.4. The number of rotatable bonds is 6. The predicted molar refractivity (Wildman–Crippen MR) is 70.6 cm³/mol. The first kappa shape index (κ1) is 14.9. The third-order valence-corrected chi connectivity index (χ3v) is 3.41. The van der Waals surface area contributed by atoms with Gasteiger partial charge in [-0.25, -0.2) is 0 Å². The minimum Gasteiger partial charge on any atom is -0.369 e. The lowest BCUT2D eigenvalue weighted by atomic mass is 9.96. The molecule has 18 heavy (non-hydrogen) atoms. The van der Waals surface area contributed by atoms with Crippen molar-refractivity contribution in [3.63, 3.8) is 0 Å². The number of hydrogen-bond donors (Lipinski definition) is 2. The molecule has 0 saturated carbocycles. The number of amides is 1. The molecule has 0 bridgehead atoms. The largest absolute Gasteiger partial charge is 0.369 e. The maximum Gasteiger partial charge on any atom is 0.220 e. The second kappa shape index (κ2) is 7.34. The third kappa shape index (κ3) is 5.03. The number of hydrogen-bond acceptors (Lipinski definition) is 4. The van der Waals surface area contributed by atoms with E-state index in [1.807, 2.05) is 13.8 Å². The first-order valence-corrected chi connectivity index (χ1v) is 6.70. The van der Waals surface area contributed by atoms with Crippen molar-refractivity contribution in [1.82, 2.24) is 10.2 Å². The van der Waals surface area contributed by atoms with Gasteiger partial charge in [-0.15, -0.1) is 0 Å². The topological polar surface area (TPSA) is 82.2 Å². The standard InChI is InChI=1S/C13H24N4O/c1-10(2)16-12(9-14)5-8-17-6-3-11(4-7-17)13(15)18/h10-12,16H,3-8H2,1-2H3,(H2,15,18). The van der Waals surface area contributed by atoms with Gasteiger partial charge in [-0.1, -0.05) is 0 Å². The van der Waals surface area contributed by atoms with Crippen LogP contribution in [0.25, 0.3) is 0 Å². The molecule has 0 aliphatic carbocycles. The van der Waals surface area contributed by atoms with Gasteiger partial charge in [0.15, 0.2) is 0 Å². The fraction of sp³-hybridized carbons (Fsp3) is 0.846. The Balaban J connectivity index is 2.25. The summed E-state index contributed by atoms with van der Waals surface area (Å²) < 4.78 is 0. The zero-order valence-electron chi connectivity index (χ0n) is 11.4. The predicted octanol–water partition coefficient (Wildman–Crippen LogP) is 0.464. The Morgan fingerprint density at radius 2 is 2.11 bits per heavy atom. The van der Waals surface area contributed by atoms with Gasteiger partial charge in [-0.3, -0.25) is 10.1 Å². The molecular formula is C13H24N4O. The van der Waals surface area contributed by atoms with Crippen LogP contribution in [-0.4, -0.2) is 42.5 Å². The van der Waals surface area contributed by atoms with Gasteiger partial charge in [-0.05, 0) is 46.2 Å². The van der Waals surface area contributed by atoms with Crippen molar-refractivity contribution >= 4 is 5.91 Å². The summed E-state index contributed by atoms with van der Waals surface area (Å²) in [5, 5.41) is 12.3. The van der Waals surface area contributed by atoms with E-state index in [0.717, 1.165) is 38.9 Å². The molecule has 0 aromatic carbocycles. The minimum absolute atomic E-state index is 0.0433. The maximum absolute atomic E-state index is 11.0. The third-order valence-electron chi connectivity index (χ3n) is 3.41. The van der Waals surface area contributed by atoms with Crippen LogP contribution in [-0.2, 0) is 4.79 Å². The summed E-state index contributed by atoms with van der Waals surface area (Å²) in [6.07, 6.45) is 2.53. The fourth-order valence-corrected chi connectivity index (χ4v) is 2.34. The van der Waals surface area contributed by atoms with Crippen LogP contribution in [0.1, 0.15) is 33.1 Å². The summed E-state index contributed by atoms with van der Waals surface area (Å²) >= 11 is 0. The van der Waals surface area contributed by atoms with Crippen molar-refractivity contribution < 1.29 is 4.79 Å². The van der Waals surface area contributed by atoms with E-state index in [9.17, 15) is 4.79 Å². The highest BCUT2D eigenvalue weighted by Crippen LogP contribution is 2.16. The Morgan fingerprint density at radius 1 is 1.50 bits per heavy atom. The van der Waals surface area contributed by atoms with Gasteiger partial charge < -0.3 is 10.6 Å². The molecule has 1 saturated heterocycles. The molecule has 1 aliphatic rings. The molecule has 1 heterocycles. The van der Waals surface area contributed by atoms with Crippen LogP contribution in [0.5, 0.6) is 0 Å². The van der Waals surface area contributed by atoms with Crippen molar-refractivity contribution in [3.05, 3.63) is 0 Å². The molecular weight excluding hydrogens is 228 g/mol. The van der Waals surface area contributed by atoms with E-state index in [2.05, 4.69) is 16.3 Å². The average Bonchev–Trinajstić information content (AvgIpc) is 2.34. The van der Waals surface area contributed by atoms with E-state index in [0.29, 0.717) is 6.04 Å². The number of nitrogens with zero attached hydrogens (tertiary/aromatic N) is 2. The smallest absolute Gasteiger partial charge is 0.220 e. The lowest BCUT2D eigenvalue weighted by molar-refractivity contribution is -0.123. The Hall–Kier alpha value is -1.12. The number of nitrogens with one attached hydrogen (secondary N) is 1. The lowest BCUT2D eigenvalue weighted by Crippen LogP contribution is -2.41. The molecule has 0 radical (unpaired) electrons. The van der Waals surface area contributed by atoms with Crippen molar-refractivity contribution in [2.24, 2.45) is 11.7 Å². The van der Waals surface area contributed by atoms with Crippen LogP contribution < -0.4 is 11.1 Å². The first-order chi connectivity index (χ1) is 8.52. The number of likely N-dealkylation sites (tertiary alicyclic amines) is 1. The second-order valence-corrected chi connectivity index (χ2v) is 5.31. The molecule has 0 aromatic rings. The van der Waals surface area contributed by atoms with E-state index in [1.54, 1.807) is 0 Å². The Labute approximate surface area is 109 Å². The van der Waals surface area contributed by atoms with Gasteiger partial charge in [0.25, 0.3) is 0 Å². The molecule has 3 N–H and O–H groups in total. The highest BCUT2D eigenvalue weighted by molar-refractivity contribution is 5.76. The van der Waals surface area contributed by atoms with Gasteiger partial charge in [-0.2, -0.15) is 5.26 Å². The summed E-state index contributed by atoms with van der Waals surface area (Å²) in [6.45, 7) is 6.82. The summed E-state index contributed by atoms with van der Waals surface area (Å²) in [5.74, 6) is -0.132. The number of piperidine rings is 1. The van der Waals surface area contributed by atoms with Crippen LogP contribution in [0.3, 0.4) is 0 Å². The van der Waals surface area contributed by atoms with Crippen LogP contribution >= 0.6 is 0 Å². The normalized spacial score (nSPS) is 19.7. The summed E-state index contributed by atoms with van der Waals surface area (Å²) in [7, 11) is 0. The van der Waals surface area contributed by atoms with E-state index < -0.39 is 0 Å². The number of carbonyl (C=O) groups is 1. The molecule has 1 rings (SSSR count). The highest BCUT2D eigenvalue weighted by atomic mass is 16.1. The quantitative estimate of drug-likeness (QED) is 0.719. The number of primary amides is 1. The SMILES string of the molecule is CC(C)NC(C#N)CCN1CCC(C(N)=O)CC1. The van der Waals surface area contributed by atoms with Crippen molar-refractivity contribution in [2.75, 3.05) is 19.6 Å². The maximum atomic E-state index is 11.0. The van der Waals surface area contributed by atoms with Gasteiger partial charge in [0.1, 0.15) is 0 Å². The van der Waals surface area contributed by atoms with Crippen molar-refractivity contribution in [1.29, 1.82) is 5.26 Å². The summed E-state index contributed by atoms with van der Waals surface area (Å²) in [4.78, 5) is 13.4. The molecule has 5 heteroatoms. The first-order valence-electron chi connectivity index (χ1n) is 6.70. The van der Waals surface area contributed by atoms with Crippen LogP contribution in [0.2, 0.25) is 0 Å². The van der Waals surface area contributed by atoms with Crippen LogP contribution in [0.15, 0.2) is 0 Å². The van der Waals surface area contributed by atoms with Gasteiger partial charge in [0, 0.05) is 18.5 Å². The lowest BCUT2D eigenvalue weighted by Gasteiger charge is -2.31. The molecule has 0 aromatic heterocycles. The number of carbonyl (C=O) groups excluding carboxylic acids is 1. The number of nitriles is 1. The van der Waals surface area contributed by atoms with Crippen molar-refractivity contribution in [3.8, 4) is 6.07 Å². The van der Waals surface area contributed by atoms with Gasteiger partial charge in [0.2, 0.25) is 5.91 Å². The van der Waals surface area contributed by atoms with E-state index in [1.165, 1.54) is 0 Å². The molecule has 1 aliphatic heterocycles. The molecule has 1 atom stereocenters. The van der Waals surface area contributed by atoms with E-state index in [-0.39, 0.29) is 17.9 Å². The Morgan fingerprint density at radius 3 is 2.56 bits per heavy atom. The summed E-state index contributed by atoms with van der Waals surface area (Å²) in [5.41, 5.74) is 5.30. The minimum atomic E-state index is -0.175. The van der Waals surface area contributed by atoms with Gasteiger partial charge in [0.05, 0.1) is 12.1 Å². The molecule has 102 valence electrons. The fourth-order valence-electron chi connectivity index (χ4n) is 2.34. The molecule has 0 spiro atoms. The van der Waals surface area contributed by atoms with E-state index in [4.69, 9.17) is 11.0 Å². The molecule has 1 amide bonds. The Kier molecular flexibility index (Phi) is 6.10. The molecule has 1 fully saturated rings. The average molecular weight is 252 g/mol. The molecule has 1 unspecified atom stereocenters. The van der Waals surface area contributed by atoms with E-state index >= 15 is 0 Å². The van der Waals surface area contributed by atoms with Crippen molar-refractivity contribution in [2.45, 2.75) is 45.2 Å². The van der Waals surface area contributed by atoms with Crippen LogP contribution in [0, 0.1) is 17.2 Å². The summed E-state index contributed by atoms with van der Waals surface area (Å²) in [6, 6.07) is 2.53. The highest BCUT2D eigenvalue weighted by Gasteiger charge is 2.23.